The Balaban J connectivity index is 1.83. The number of nitrogens with one attached hydrogen (secondary N) is 1. The van der Waals surface area contributed by atoms with Gasteiger partial charge >= 0.3 is 6.55 Å². The summed E-state index contributed by atoms with van der Waals surface area (Å²) in [4.78, 5) is 16.4. The van der Waals surface area contributed by atoms with Crippen LogP contribution in [0.15, 0.2) is 65.9 Å². The fraction of sp³-hybridized carbons (Fsp3) is 0.105. The van der Waals surface area contributed by atoms with Gasteiger partial charge in [0.25, 0.3) is 0 Å². The van der Waals surface area contributed by atoms with Gasteiger partial charge in [-0.3, -0.25) is 9.79 Å². The number of rotatable bonds is 3. The molecule has 0 unspecified atom stereocenters. The van der Waals surface area contributed by atoms with Crippen LogP contribution in [0.1, 0.15) is 17.7 Å². The third kappa shape index (κ3) is 2.99. The molecule has 0 saturated heterocycles. The molecular formula is C19H14F2N4O. The van der Waals surface area contributed by atoms with Gasteiger partial charge in [-0.05, 0) is 17.7 Å². The number of hydrogen-bond donors (Lipinski definition) is 1. The van der Waals surface area contributed by atoms with Crippen LogP contribution >= 0.6 is 0 Å². The summed E-state index contributed by atoms with van der Waals surface area (Å²) in [7, 11) is 0. The van der Waals surface area contributed by atoms with Gasteiger partial charge in [-0.25, -0.2) is 4.68 Å². The number of nitrogens with zero attached hydrogens (tertiary/aromatic N) is 3. The number of amides is 1. The third-order valence-corrected chi connectivity index (χ3v) is 4.11. The monoisotopic (exact) mass is 352 g/mol. The number of carbonyl (C=O) groups excluding carboxylic acids is 1. The number of aromatic nitrogens is 2. The summed E-state index contributed by atoms with van der Waals surface area (Å²) in [5.74, 6) is -0.199. The average molecular weight is 352 g/mol. The normalized spacial score (nSPS) is 13.8. The Morgan fingerprint density at radius 1 is 1.04 bits per heavy atom. The molecular weight excluding hydrogens is 338 g/mol. The van der Waals surface area contributed by atoms with Gasteiger partial charge in [0.05, 0.1) is 17.6 Å². The minimum atomic E-state index is -2.69. The van der Waals surface area contributed by atoms with Crippen LogP contribution in [0.25, 0.3) is 11.1 Å². The van der Waals surface area contributed by atoms with Gasteiger partial charge in [0.1, 0.15) is 6.54 Å². The first-order chi connectivity index (χ1) is 12.6. The first-order valence-electron chi connectivity index (χ1n) is 7.98. The van der Waals surface area contributed by atoms with E-state index < -0.39 is 6.55 Å². The fourth-order valence-electron chi connectivity index (χ4n) is 2.89. The van der Waals surface area contributed by atoms with Gasteiger partial charge in [0, 0.05) is 22.9 Å². The van der Waals surface area contributed by atoms with Crippen molar-refractivity contribution in [1.82, 2.24) is 9.78 Å². The van der Waals surface area contributed by atoms with Gasteiger partial charge in [0.2, 0.25) is 5.91 Å². The first-order valence-corrected chi connectivity index (χ1v) is 7.98. The summed E-state index contributed by atoms with van der Waals surface area (Å²) in [6.07, 6.45) is 2.68. The number of aliphatic imine (C=N–C) groups is 1. The van der Waals surface area contributed by atoms with Gasteiger partial charge in [-0.1, -0.05) is 36.4 Å². The number of halogens is 2. The lowest BCUT2D eigenvalue weighted by Crippen LogP contribution is -2.13. The molecule has 3 aromatic rings. The molecule has 1 aliphatic rings. The molecule has 26 heavy (non-hydrogen) atoms. The number of benzodiazepines with no additional fused rings is 1. The number of alkyl halides is 2. The number of carbonyl (C=O) groups is 1. The summed E-state index contributed by atoms with van der Waals surface area (Å²) in [5.41, 5.74) is 4.23. The quantitative estimate of drug-likeness (QED) is 0.781. The molecule has 1 N–H and O–H groups in total. The molecule has 4 rings (SSSR count). The Kier molecular flexibility index (Phi) is 4.04. The van der Waals surface area contributed by atoms with Crippen LogP contribution in [-0.4, -0.2) is 27.9 Å². The molecule has 0 spiro atoms. The summed E-state index contributed by atoms with van der Waals surface area (Å²) < 4.78 is 26.2. The zero-order chi connectivity index (χ0) is 18.1. The highest BCUT2D eigenvalue weighted by Gasteiger charge is 2.19. The molecule has 2 heterocycles. The van der Waals surface area contributed by atoms with Crippen LogP contribution in [0.3, 0.4) is 0 Å². The van der Waals surface area contributed by atoms with Gasteiger partial charge in [0.15, 0.2) is 0 Å². The second-order valence-electron chi connectivity index (χ2n) is 5.83. The van der Waals surface area contributed by atoms with E-state index in [2.05, 4.69) is 15.4 Å². The predicted octanol–water partition coefficient (Wildman–Crippen LogP) is 3.73. The van der Waals surface area contributed by atoms with E-state index in [1.54, 1.807) is 12.1 Å². The van der Waals surface area contributed by atoms with Crippen molar-refractivity contribution < 1.29 is 13.6 Å². The fourth-order valence-corrected chi connectivity index (χ4v) is 2.89. The molecule has 0 aliphatic carbocycles. The van der Waals surface area contributed by atoms with Crippen molar-refractivity contribution in [2.45, 2.75) is 6.55 Å². The molecule has 7 heteroatoms. The van der Waals surface area contributed by atoms with Crippen LogP contribution in [-0.2, 0) is 4.79 Å². The van der Waals surface area contributed by atoms with Crippen LogP contribution < -0.4 is 5.32 Å². The lowest BCUT2D eigenvalue weighted by molar-refractivity contribution is -0.114. The Labute approximate surface area is 148 Å². The van der Waals surface area contributed by atoms with Gasteiger partial charge in [-0.15, -0.1) is 0 Å². The maximum atomic E-state index is 12.8. The highest BCUT2D eigenvalue weighted by Crippen LogP contribution is 2.29. The predicted molar refractivity (Wildman–Crippen MR) is 94.5 cm³/mol. The first kappa shape index (κ1) is 16.1. The second kappa shape index (κ2) is 6.51. The van der Waals surface area contributed by atoms with Crippen LogP contribution in [0.4, 0.5) is 14.5 Å². The van der Waals surface area contributed by atoms with Gasteiger partial charge in [-0.2, -0.15) is 13.9 Å². The average Bonchev–Trinajstić information content (AvgIpc) is 3.08. The van der Waals surface area contributed by atoms with Crippen molar-refractivity contribution in [2.75, 3.05) is 11.9 Å². The zero-order valence-corrected chi connectivity index (χ0v) is 13.6. The van der Waals surface area contributed by atoms with E-state index in [-0.39, 0.29) is 12.5 Å². The molecule has 2 aromatic carbocycles. The molecule has 0 fully saturated rings. The topological polar surface area (TPSA) is 59.3 Å². The molecule has 0 bridgehead atoms. The van der Waals surface area contributed by atoms with E-state index in [9.17, 15) is 13.6 Å². The number of hydrogen-bond acceptors (Lipinski definition) is 3. The van der Waals surface area contributed by atoms with Crippen molar-refractivity contribution in [2.24, 2.45) is 4.99 Å². The summed E-state index contributed by atoms with van der Waals surface area (Å²) in [6.45, 7) is -2.66. The Morgan fingerprint density at radius 3 is 2.58 bits per heavy atom. The highest BCUT2D eigenvalue weighted by molar-refractivity contribution is 6.19. The zero-order valence-electron chi connectivity index (χ0n) is 13.6. The van der Waals surface area contributed by atoms with Crippen LogP contribution in [0.5, 0.6) is 0 Å². The second-order valence-corrected chi connectivity index (χ2v) is 5.83. The van der Waals surface area contributed by atoms with E-state index in [0.29, 0.717) is 21.6 Å². The van der Waals surface area contributed by atoms with Crippen molar-refractivity contribution in [3.05, 3.63) is 72.1 Å². The van der Waals surface area contributed by atoms with E-state index in [1.807, 2.05) is 36.4 Å². The van der Waals surface area contributed by atoms with Gasteiger partial charge < -0.3 is 5.32 Å². The smallest absolute Gasteiger partial charge is 0.324 e. The Morgan fingerprint density at radius 2 is 1.85 bits per heavy atom. The SMILES string of the molecule is O=C1CN=C(c2ccccc2)c2cc(-c3cnn(C(F)F)c3)ccc2N1. The third-order valence-electron chi connectivity index (χ3n) is 4.11. The van der Waals surface area contributed by atoms with E-state index in [4.69, 9.17) is 0 Å². The van der Waals surface area contributed by atoms with Crippen molar-refractivity contribution in [3.8, 4) is 11.1 Å². The molecule has 1 aromatic heterocycles. The van der Waals surface area contributed by atoms with E-state index >= 15 is 0 Å². The molecule has 130 valence electrons. The summed E-state index contributed by atoms with van der Waals surface area (Å²) in [5, 5.41) is 6.51. The summed E-state index contributed by atoms with van der Waals surface area (Å²) in [6, 6.07) is 14.9. The summed E-state index contributed by atoms with van der Waals surface area (Å²) >= 11 is 0. The minimum absolute atomic E-state index is 0.0254. The molecule has 1 amide bonds. The van der Waals surface area contributed by atoms with Crippen molar-refractivity contribution in [3.63, 3.8) is 0 Å². The molecule has 0 saturated carbocycles. The Hall–Kier alpha value is -3.35. The lowest BCUT2D eigenvalue weighted by Gasteiger charge is -2.12. The number of benzene rings is 2. The van der Waals surface area contributed by atoms with E-state index in [1.165, 1.54) is 12.4 Å². The largest absolute Gasteiger partial charge is 0.333 e. The lowest BCUT2D eigenvalue weighted by atomic mass is 9.97. The van der Waals surface area contributed by atoms with Crippen LogP contribution in [0, 0.1) is 0 Å². The maximum absolute atomic E-state index is 12.8. The maximum Gasteiger partial charge on any atom is 0.333 e. The van der Waals surface area contributed by atoms with Crippen LogP contribution in [0.2, 0.25) is 0 Å². The molecule has 0 atom stereocenters. The Bertz CT molecular complexity index is 996. The van der Waals surface area contributed by atoms with Crippen molar-refractivity contribution in [1.29, 1.82) is 0 Å². The van der Waals surface area contributed by atoms with Crippen molar-refractivity contribution >= 4 is 17.3 Å². The molecule has 0 radical (unpaired) electrons. The number of anilines is 1. The molecule has 5 nitrogen and oxygen atoms in total. The number of fused-ring (bicyclic) bond motifs is 1. The molecule has 1 aliphatic heterocycles. The standard InChI is InChI=1S/C19H14F2N4O/c20-19(21)25-11-14(9-23-25)13-6-7-16-15(8-13)18(22-10-17(26)24-16)12-4-2-1-3-5-12/h1-9,11,19H,10H2,(H,24,26). The highest BCUT2D eigenvalue weighted by atomic mass is 19.3. The van der Waals surface area contributed by atoms with E-state index in [0.717, 1.165) is 16.7 Å². The minimum Gasteiger partial charge on any atom is -0.324 e.